The number of benzene rings is 7. The van der Waals surface area contributed by atoms with E-state index in [1.165, 1.54) is 34.4 Å². The van der Waals surface area contributed by atoms with Crippen molar-refractivity contribution >= 4 is 60.8 Å². The molecule has 0 N–H and O–H groups in total. The Hall–Kier alpha value is -6.13. The van der Waals surface area contributed by atoms with Crippen LogP contribution in [0.4, 0.5) is 21.5 Å². The van der Waals surface area contributed by atoms with E-state index in [2.05, 4.69) is 133 Å². The summed E-state index contributed by atoms with van der Waals surface area (Å²) in [5, 5.41) is 4.28. The van der Waals surface area contributed by atoms with Crippen LogP contribution in [0, 0.1) is 5.82 Å². The Morgan fingerprint density at radius 3 is 2.16 bits per heavy atom. The zero-order valence-electron chi connectivity index (χ0n) is 27.1. The first kappa shape index (κ1) is 27.9. The molecule has 3 nitrogen and oxygen atoms in total. The van der Waals surface area contributed by atoms with Gasteiger partial charge in [0.15, 0.2) is 0 Å². The number of fused-ring (bicyclic) bond motifs is 9. The van der Waals surface area contributed by atoms with Gasteiger partial charge in [-0.15, -0.1) is 0 Å². The van der Waals surface area contributed by atoms with E-state index in [0.29, 0.717) is 0 Å². The van der Waals surface area contributed by atoms with Gasteiger partial charge in [0, 0.05) is 44.0 Å². The number of para-hydroxylation sites is 2. The summed E-state index contributed by atoms with van der Waals surface area (Å²) in [6, 6.07) is 52.1. The Balaban J connectivity index is 1.30. The Labute approximate surface area is 283 Å². The van der Waals surface area contributed by atoms with Crippen molar-refractivity contribution in [2.75, 3.05) is 4.90 Å². The van der Waals surface area contributed by atoms with E-state index in [1.54, 1.807) is 0 Å². The van der Waals surface area contributed by atoms with Gasteiger partial charge < -0.3 is 13.9 Å². The van der Waals surface area contributed by atoms with Gasteiger partial charge in [0.05, 0.1) is 16.7 Å². The molecular weight excluding hydrogens is 604 g/mol. The largest absolute Gasteiger partial charge is 0.456 e. The first-order chi connectivity index (χ1) is 24.0. The van der Waals surface area contributed by atoms with E-state index in [1.807, 2.05) is 30.3 Å². The van der Waals surface area contributed by atoms with Crippen molar-refractivity contribution in [1.29, 1.82) is 0 Å². The highest BCUT2D eigenvalue weighted by Gasteiger charge is 2.36. The molecule has 0 unspecified atom stereocenters. The topological polar surface area (TPSA) is 21.3 Å². The van der Waals surface area contributed by atoms with Crippen LogP contribution in [0.2, 0.25) is 0 Å². The second kappa shape index (κ2) is 10.2. The number of hydrogen-bond donors (Lipinski definition) is 0. The molecule has 0 bridgehead atoms. The third-order valence-corrected chi connectivity index (χ3v) is 10.4. The number of halogens is 1. The molecule has 0 fully saturated rings. The van der Waals surface area contributed by atoms with E-state index in [0.717, 1.165) is 66.5 Å². The maximum atomic E-state index is 14.3. The molecule has 2 heterocycles. The molecule has 0 atom stereocenters. The van der Waals surface area contributed by atoms with Crippen LogP contribution in [0.25, 0.3) is 60.6 Å². The molecule has 0 saturated heterocycles. The van der Waals surface area contributed by atoms with Gasteiger partial charge in [-0.1, -0.05) is 86.6 Å². The molecule has 49 heavy (non-hydrogen) atoms. The number of furan rings is 1. The Morgan fingerprint density at radius 2 is 1.31 bits per heavy atom. The summed E-state index contributed by atoms with van der Waals surface area (Å²) in [7, 11) is 0. The van der Waals surface area contributed by atoms with Crippen LogP contribution in [-0.2, 0) is 5.41 Å². The van der Waals surface area contributed by atoms with Gasteiger partial charge in [-0.2, -0.15) is 0 Å². The molecule has 0 saturated carbocycles. The van der Waals surface area contributed by atoms with Gasteiger partial charge in [-0.3, -0.25) is 0 Å². The summed E-state index contributed by atoms with van der Waals surface area (Å²) >= 11 is 0. The predicted octanol–water partition coefficient (Wildman–Crippen LogP) is 12.6. The van der Waals surface area contributed by atoms with Crippen LogP contribution < -0.4 is 4.90 Å². The Morgan fingerprint density at radius 1 is 0.551 bits per heavy atom. The smallest absolute Gasteiger partial charge is 0.136 e. The van der Waals surface area contributed by atoms with Crippen molar-refractivity contribution in [2.45, 2.75) is 19.3 Å². The quantitative estimate of drug-likeness (QED) is 0.192. The number of rotatable bonds is 4. The minimum Gasteiger partial charge on any atom is -0.456 e. The average Bonchev–Trinajstić information content (AvgIpc) is 3.74. The number of nitrogens with zero attached hydrogens (tertiary/aromatic N) is 2. The van der Waals surface area contributed by atoms with Gasteiger partial charge in [0.25, 0.3) is 0 Å². The number of aromatic nitrogens is 1. The van der Waals surface area contributed by atoms with Crippen LogP contribution in [0.1, 0.15) is 25.0 Å². The SMILES string of the molecule is CC1(C)c2ccccc2-c2ccc(N(c3ccccc3)c3cccc4c3c3cc5oc6ccccc6c5cc3n4-c3ccc(F)cc3)cc21. The fraction of sp³-hybridized carbons (Fsp3) is 0.0667. The maximum absolute atomic E-state index is 14.3. The Bertz CT molecular complexity index is 2750. The lowest BCUT2D eigenvalue weighted by Gasteiger charge is -2.28. The standard InChI is InChI=1S/C45H31FN2O/c1-45(2)37-15-8-6-13-32(37)33-24-23-31(25-38(33)45)47(29-11-4-3-5-12-29)39-16-10-17-40-44(39)36-27-43-35(34-14-7-9-18-42(34)49-43)26-41(36)48(40)30-21-19-28(46)20-22-30/h3-27H,1-2H3. The molecule has 0 spiro atoms. The van der Waals surface area contributed by atoms with Gasteiger partial charge in [0.2, 0.25) is 0 Å². The Kier molecular flexibility index (Phi) is 5.81. The molecule has 0 radical (unpaired) electrons. The number of anilines is 3. The minimum atomic E-state index is -0.259. The molecule has 1 aliphatic carbocycles. The zero-order valence-corrected chi connectivity index (χ0v) is 27.1. The molecule has 4 heteroatoms. The van der Waals surface area contributed by atoms with Crippen LogP contribution >= 0.6 is 0 Å². The highest BCUT2D eigenvalue weighted by Crippen LogP contribution is 2.51. The zero-order chi connectivity index (χ0) is 32.9. The lowest BCUT2D eigenvalue weighted by molar-refractivity contribution is 0.627. The minimum absolute atomic E-state index is 0.137. The van der Waals surface area contributed by atoms with Gasteiger partial charge >= 0.3 is 0 Å². The fourth-order valence-electron chi connectivity index (χ4n) is 8.16. The van der Waals surface area contributed by atoms with Gasteiger partial charge in [-0.05, 0) is 101 Å². The molecule has 234 valence electrons. The molecule has 9 aromatic rings. The fourth-order valence-corrected chi connectivity index (χ4v) is 8.16. The normalized spacial score (nSPS) is 13.4. The third-order valence-electron chi connectivity index (χ3n) is 10.4. The first-order valence-corrected chi connectivity index (χ1v) is 16.7. The number of hydrogen-bond acceptors (Lipinski definition) is 2. The van der Waals surface area contributed by atoms with Gasteiger partial charge in [-0.25, -0.2) is 4.39 Å². The molecule has 0 aliphatic heterocycles. The van der Waals surface area contributed by atoms with E-state index in [4.69, 9.17) is 4.42 Å². The van der Waals surface area contributed by atoms with E-state index >= 15 is 0 Å². The van der Waals surface area contributed by atoms with Gasteiger partial charge in [0.1, 0.15) is 17.0 Å². The molecule has 7 aromatic carbocycles. The van der Waals surface area contributed by atoms with Crippen molar-refractivity contribution < 1.29 is 8.81 Å². The van der Waals surface area contributed by atoms with Crippen LogP contribution in [-0.4, -0.2) is 4.57 Å². The predicted molar refractivity (Wildman–Crippen MR) is 200 cm³/mol. The van der Waals surface area contributed by atoms with Crippen molar-refractivity contribution in [3.63, 3.8) is 0 Å². The van der Waals surface area contributed by atoms with E-state index in [-0.39, 0.29) is 11.2 Å². The summed E-state index contributed by atoms with van der Waals surface area (Å²) in [6.45, 7) is 4.65. The molecule has 2 aromatic heterocycles. The molecule has 1 aliphatic rings. The van der Waals surface area contributed by atoms with Crippen LogP contribution in [0.3, 0.4) is 0 Å². The van der Waals surface area contributed by atoms with E-state index in [9.17, 15) is 4.39 Å². The molecule has 10 rings (SSSR count). The first-order valence-electron chi connectivity index (χ1n) is 16.7. The highest BCUT2D eigenvalue weighted by atomic mass is 19.1. The second-order valence-electron chi connectivity index (χ2n) is 13.5. The summed E-state index contributed by atoms with van der Waals surface area (Å²) in [5.74, 6) is -0.259. The lowest BCUT2D eigenvalue weighted by Crippen LogP contribution is -2.16. The summed E-state index contributed by atoms with van der Waals surface area (Å²) in [5.41, 5.74) is 13.0. The maximum Gasteiger partial charge on any atom is 0.136 e. The highest BCUT2D eigenvalue weighted by molar-refractivity contribution is 6.21. The van der Waals surface area contributed by atoms with E-state index < -0.39 is 0 Å². The lowest BCUT2D eigenvalue weighted by atomic mass is 9.82. The molecule has 0 amide bonds. The summed E-state index contributed by atoms with van der Waals surface area (Å²) in [6.07, 6.45) is 0. The summed E-state index contributed by atoms with van der Waals surface area (Å²) < 4.78 is 22.9. The average molecular weight is 635 g/mol. The van der Waals surface area contributed by atoms with Crippen molar-refractivity contribution in [3.8, 4) is 16.8 Å². The summed E-state index contributed by atoms with van der Waals surface area (Å²) in [4.78, 5) is 2.37. The molecular formula is C45H31FN2O. The van der Waals surface area contributed by atoms with Crippen LogP contribution in [0.15, 0.2) is 156 Å². The van der Waals surface area contributed by atoms with Crippen molar-refractivity contribution in [2.24, 2.45) is 0 Å². The second-order valence-corrected chi connectivity index (χ2v) is 13.5. The van der Waals surface area contributed by atoms with Crippen LogP contribution in [0.5, 0.6) is 0 Å². The van der Waals surface area contributed by atoms with Crippen molar-refractivity contribution in [3.05, 3.63) is 169 Å². The monoisotopic (exact) mass is 634 g/mol. The third kappa shape index (κ3) is 4.01. The van der Waals surface area contributed by atoms with Crippen molar-refractivity contribution in [1.82, 2.24) is 4.57 Å².